The number of nitrogens with zero attached hydrogens (tertiary/aromatic N) is 3. The molecule has 20 heavy (non-hydrogen) atoms. The van der Waals surface area contributed by atoms with E-state index in [1.54, 1.807) is 6.92 Å². The van der Waals surface area contributed by atoms with Crippen LogP contribution in [0.5, 0.6) is 0 Å². The molecular weight excluding hydrogens is 250 g/mol. The summed E-state index contributed by atoms with van der Waals surface area (Å²) in [5.74, 6) is 0.159. The summed E-state index contributed by atoms with van der Waals surface area (Å²) in [6, 6.07) is 10.3. The van der Waals surface area contributed by atoms with Crippen molar-refractivity contribution in [3.05, 3.63) is 41.6 Å². The summed E-state index contributed by atoms with van der Waals surface area (Å²) in [5.41, 5.74) is 4.77. The molecule has 1 aliphatic rings. The fraction of sp³-hybridized carbons (Fsp3) is 0.375. The first-order valence-corrected chi connectivity index (χ1v) is 7.02. The summed E-state index contributed by atoms with van der Waals surface area (Å²) in [4.78, 5) is 13.5. The molecule has 0 bridgehead atoms. The Morgan fingerprint density at radius 2 is 1.85 bits per heavy atom. The SMILES string of the molecule is CC(=O)N1CCc2c(-c3ccccc3)nn(C)c2CC1. The second kappa shape index (κ2) is 5.12. The summed E-state index contributed by atoms with van der Waals surface area (Å²) in [7, 11) is 1.99. The zero-order valence-corrected chi connectivity index (χ0v) is 12.0. The standard InChI is InChI=1S/C16H19N3O/c1-12(20)19-10-8-14-15(9-11-19)18(2)17-16(14)13-6-4-3-5-7-13/h3-7H,8-11H2,1-2H3. The summed E-state index contributed by atoms with van der Waals surface area (Å²) in [6.07, 6.45) is 1.76. The van der Waals surface area contributed by atoms with Gasteiger partial charge in [-0.25, -0.2) is 0 Å². The Bertz CT molecular complexity index is 631. The van der Waals surface area contributed by atoms with Gasteiger partial charge >= 0.3 is 0 Å². The summed E-state index contributed by atoms with van der Waals surface area (Å²) < 4.78 is 1.97. The second-order valence-electron chi connectivity index (χ2n) is 5.27. The van der Waals surface area contributed by atoms with Crippen LogP contribution in [-0.4, -0.2) is 33.7 Å². The van der Waals surface area contributed by atoms with Crippen LogP contribution in [-0.2, 0) is 24.7 Å². The molecule has 104 valence electrons. The number of carbonyl (C=O) groups is 1. The van der Waals surface area contributed by atoms with Crippen molar-refractivity contribution < 1.29 is 4.79 Å². The maximum absolute atomic E-state index is 11.6. The van der Waals surface area contributed by atoms with Gasteiger partial charge in [-0.1, -0.05) is 30.3 Å². The Balaban J connectivity index is 2.00. The summed E-state index contributed by atoms with van der Waals surface area (Å²) >= 11 is 0. The molecule has 0 unspecified atom stereocenters. The van der Waals surface area contributed by atoms with E-state index in [4.69, 9.17) is 0 Å². The second-order valence-corrected chi connectivity index (χ2v) is 5.27. The first-order valence-electron chi connectivity index (χ1n) is 7.02. The largest absolute Gasteiger partial charge is 0.342 e. The van der Waals surface area contributed by atoms with Gasteiger partial charge < -0.3 is 4.90 Å². The number of amides is 1. The number of hydrogen-bond donors (Lipinski definition) is 0. The third-order valence-corrected chi connectivity index (χ3v) is 4.02. The van der Waals surface area contributed by atoms with Crippen LogP contribution in [0.25, 0.3) is 11.3 Å². The molecule has 0 spiro atoms. The quantitative estimate of drug-likeness (QED) is 0.794. The maximum Gasteiger partial charge on any atom is 0.219 e. The smallest absolute Gasteiger partial charge is 0.219 e. The molecule has 0 saturated carbocycles. The highest BCUT2D eigenvalue weighted by molar-refractivity contribution is 5.73. The van der Waals surface area contributed by atoms with E-state index >= 15 is 0 Å². The third kappa shape index (κ3) is 2.22. The molecule has 0 atom stereocenters. The van der Waals surface area contributed by atoms with E-state index in [2.05, 4.69) is 17.2 Å². The number of benzene rings is 1. The van der Waals surface area contributed by atoms with Crippen molar-refractivity contribution in [3.63, 3.8) is 0 Å². The number of rotatable bonds is 1. The number of aryl methyl sites for hydroxylation is 1. The molecule has 3 rings (SSSR count). The van der Waals surface area contributed by atoms with Crippen molar-refractivity contribution in [2.75, 3.05) is 13.1 Å². The fourth-order valence-electron chi connectivity index (χ4n) is 2.92. The van der Waals surface area contributed by atoms with Crippen LogP contribution < -0.4 is 0 Å². The van der Waals surface area contributed by atoms with Gasteiger partial charge in [-0.15, -0.1) is 0 Å². The fourth-order valence-corrected chi connectivity index (χ4v) is 2.92. The van der Waals surface area contributed by atoms with Crippen LogP contribution in [0.1, 0.15) is 18.2 Å². The molecule has 0 saturated heterocycles. The van der Waals surface area contributed by atoms with Crippen molar-refractivity contribution in [3.8, 4) is 11.3 Å². The minimum Gasteiger partial charge on any atom is -0.342 e. The van der Waals surface area contributed by atoms with Gasteiger partial charge in [0, 0.05) is 50.3 Å². The summed E-state index contributed by atoms with van der Waals surface area (Å²) in [6.45, 7) is 3.22. The van der Waals surface area contributed by atoms with Crippen LogP contribution in [0.15, 0.2) is 30.3 Å². The molecule has 2 aromatic rings. The number of fused-ring (bicyclic) bond motifs is 1. The van der Waals surface area contributed by atoms with E-state index in [-0.39, 0.29) is 5.91 Å². The van der Waals surface area contributed by atoms with Crippen LogP contribution in [0, 0.1) is 0 Å². The number of carbonyl (C=O) groups excluding carboxylic acids is 1. The van der Waals surface area contributed by atoms with Crippen molar-refractivity contribution in [2.24, 2.45) is 7.05 Å². The van der Waals surface area contributed by atoms with Crippen LogP contribution in [0.2, 0.25) is 0 Å². The van der Waals surface area contributed by atoms with E-state index in [1.807, 2.05) is 34.8 Å². The minimum atomic E-state index is 0.159. The zero-order chi connectivity index (χ0) is 14.1. The van der Waals surface area contributed by atoms with Crippen molar-refractivity contribution in [1.29, 1.82) is 0 Å². The monoisotopic (exact) mass is 269 g/mol. The van der Waals surface area contributed by atoms with Crippen molar-refractivity contribution >= 4 is 5.91 Å². The van der Waals surface area contributed by atoms with Gasteiger partial charge in [-0.05, 0) is 6.42 Å². The lowest BCUT2D eigenvalue weighted by Gasteiger charge is -2.17. The normalized spacial score (nSPS) is 14.8. The van der Waals surface area contributed by atoms with Gasteiger partial charge in [-0.2, -0.15) is 5.10 Å². The predicted molar refractivity (Wildman–Crippen MR) is 78.3 cm³/mol. The van der Waals surface area contributed by atoms with Gasteiger partial charge in [0.05, 0.1) is 5.69 Å². The summed E-state index contributed by atoms with van der Waals surface area (Å²) in [5, 5.41) is 4.69. The molecule has 4 nitrogen and oxygen atoms in total. The lowest BCUT2D eigenvalue weighted by Crippen LogP contribution is -2.31. The van der Waals surface area contributed by atoms with E-state index in [0.717, 1.165) is 37.2 Å². The lowest BCUT2D eigenvalue weighted by molar-refractivity contribution is -0.128. The van der Waals surface area contributed by atoms with Gasteiger partial charge in [0.2, 0.25) is 5.91 Å². The lowest BCUT2D eigenvalue weighted by atomic mass is 10.0. The molecule has 0 N–H and O–H groups in total. The Morgan fingerprint density at radius 3 is 2.55 bits per heavy atom. The van der Waals surface area contributed by atoms with E-state index in [9.17, 15) is 4.79 Å². The van der Waals surface area contributed by atoms with E-state index in [1.165, 1.54) is 11.3 Å². The topological polar surface area (TPSA) is 38.1 Å². The highest BCUT2D eigenvalue weighted by Crippen LogP contribution is 2.27. The molecule has 1 amide bonds. The first kappa shape index (κ1) is 12.9. The van der Waals surface area contributed by atoms with Gasteiger partial charge in [0.1, 0.15) is 0 Å². The molecule has 1 aromatic heterocycles. The molecule has 0 aliphatic carbocycles. The molecule has 0 radical (unpaired) electrons. The maximum atomic E-state index is 11.6. The van der Waals surface area contributed by atoms with Gasteiger partial charge in [0.25, 0.3) is 0 Å². The van der Waals surface area contributed by atoms with Gasteiger partial charge in [0.15, 0.2) is 0 Å². The highest BCUT2D eigenvalue weighted by Gasteiger charge is 2.22. The number of hydrogen-bond acceptors (Lipinski definition) is 2. The molecule has 1 aromatic carbocycles. The van der Waals surface area contributed by atoms with Crippen molar-refractivity contribution in [2.45, 2.75) is 19.8 Å². The minimum absolute atomic E-state index is 0.159. The molecular formula is C16H19N3O. The predicted octanol–water partition coefficient (Wildman–Crippen LogP) is 2.03. The van der Waals surface area contributed by atoms with Crippen LogP contribution >= 0.6 is 0 Å². The Labute approximate surface area is 119 Å². The third-order valence-electron chi connectivity index (χ3n) is 4.02. The Hall–Kier alpha value is -2.10. The van der Waals surface area contributed by atoms with Crippen molar-refractivity contribution in [1.82, 2.24) is 14.7 Å². The Kier molecular flexibility index (Phi) is 3.30. The average Bonchev–Trinajstić information content (AvgIpc) is 2.64. The average molecular weight is 269 g/mol. The Morgan fingerprint density at radius 1 is 1.15 bits per heavy atom. The molecule has 0 fully saturated rings. The van der Waals surface area contributed by atoms with Crippen LogP contribution in [0.3, 0.4) is 0 Å². The van der Waals surface area contributed by atoms with E-state index in [0.29, 0.717) is 0 Å². The molecule has 1 aliphatic heterocycles. The molecule has 4 heteroatoms. The van der Waals surface area contributed by atoms with Gasteiger partial charge in [-0.3, -0.25) is 9.48 Å². The van der Waals surface area contributed by atoms with E-state index < -0.39 is 0 Å². The highest BCUT2D eigenvalue weighted by atomic mass is 16.2. The first-order chi connectivity index (χ1) is 9.66. The number of aromatic nitrogens is 2. The van der Waals surface area contributed by atoms with Crippen LogP contribution in [0.4, 0.5) is 0 Å². The zero-order valence-electron chi connectivity index (χ0n) is 12.0. The molecule has 2 heterocycles.